The summed E-state index contributed by atoms with van der Waals surface area (Å²) in [6.45, 7) is 5.53. The Morgan fingerprint density at radius 1 is 1.20 bits per heavy atom. The van der Waals surface area contributed by atoms with E-state index in [4.69, 9.17) is 4.42 Å². The van der Waals surface area contributed by atoms with Gasteiger partial charge in [-0.3, -0.25) is 14.5 Å². The summed E-state index contributed by atoms with van der Waals surface area (Å²) in [7, 11) is 1.82. The Bertz CT molecular complexity index is 1540. The number of fused-ring (bicyclic) bond motifs is 1. The molecule has 35 heavy (non-hydrogen) atoms. The molecule has 5 heterocycles. The van der Waals surface area contributed by atoms with Gasteiger partial charge in [0, 0.05) is 42.2 Å². The zero-order chi connectivity index (χ0) is 24.7. The van der Waals surface area contributed by atoms with Crippen molar-refractivity contribution in [1.82, 2.24) is 45.2 Å². The van der Waals surface area contributed by atoms with Gasteiger partial charge in [-0.1, -0.05) is 20.8 Å². The summed E-state index contributed by atoms with van der Waals surface area (Å²) in [5.74, 6) is -0.416. The number of carbonyl (C=O) groups excluding carboxylic acids is 1. The maximum atomic E-state index is 14.9. The lowest BCUT2D eigenvalue weighted by Gasteiger charge is -2.10. The summed E-state index contributed by atoms with van der Waals surface area (Å²) in [4.78, 5) is 28.7. The number of nitrogens with one attached hydrogen (secondary N) is 2. The van der Waals surface area contributed by atoms with E-state index in [0.717, 1.165) is 5.56 Å². The predicted molar refractivity (Wildman–Crippen MR) is 123 cm³/mol. The lowest BCUT2D eigenvalue weighted by molar-refractivity contribution is 0.0912. The molecule has 0 aliphatic rings. The molecule has 2 N–H and O–H groups in total. The highest BCUT2D eigenvalue weighted by Gasteiger charge is 2.24. The quantitative estimate of drug-likeness (QED) is 0.395. The molecular formula is C23H22FN9O2. The molecule has 0 bridgehead atoms. The van der Waals surface area contributed by atoms with Gasteiger partial charge >= 0.3 is 11.8 Å². The second-order valence-electron chi connectivity index (χ2n) is 9.04. The van der Waals surface area contributed by atoms with Crippen molar-refractivity contribution in [3.63, 3.8) is 0 Å². The third kappa shape index (κ3) is 4.37. The molecule has 0 radical (unpaired) electrons. The summed E-state index contributed by atoms with van der Waals surface area (Å²) in [5, 5.41) is 14.4. The molecule has 0 spiro atoms. The molecule has 0 aromatic carbocycles. The van der Waals surface area contributed by atoms with E-state index in [9.17, 15) is 9.18 Å². The zero-order valence-corrected chi connectivity index (χ0v) is 19.5. The minimum absolute atomic E-state index is 0.0704. The van der Waals surface area contributed by atoms with Crippen molar-refractivity contribution in [1.29, 1.82) is 0 Å². The number of nitrogens with zero attached hydrogens (tertiary/aromatic N) is 7. The lowest BCUT2D eigenvalue weighted by Crippen LogP contribution is -2.24. The zero-order valence-electron chi connectivity index (χ0n) is 19.5. The molecule has 0 aliphatic heterocycles. The van der Waals surface area contributed by atoms with Crippen LogP contribution < -0.4 is 5.32 Å². The van der Waals surface area contributed by atoms with Crippen molar-refractivity contribution in [2.45, 2.75) is 32.7 Å². The fraction of sp³-hybridized carbons (Fsp3) is 0.261. The molecule has 12 heteroatoms. The number of hydrogen-bond acceptors (Lipinski definition) is 8. The Kier molecular flexibility index (Phi) is 5.35. The fourth-order valence-electron chi connectivity index (χ4n) is 3.42. The van der Waals surface area contributed by atoms with Crippen molar-refractivity contribution in [2.24, 2.45) is 7.05 Å². The smallest absolute Gasteiger partial charge is 0.309 e. The van der Waals surface area contributed by atoms with Crippen LogP contribution >= 0.6 is 0 Å². The summed E-state index contributed by atoms with van der Waals surface area (Å²) in [5.41, 5.74) is 2.83. The minimum atomic E-state index is -0.603. The largest absolute Gasteiger partial charge is 0.416 e. The van der Waals surface area contributed by atoms with E-state index in [1.54, 1.807) is 23.1 Å². The Labute approximate surface area is 198 Å². The van der Waals surface area contributed by atoms with E-state index >= 15 is 0 Å². The maximum Gasteiger partial charge on any atom is 0.309 e. The second kappa shape index (κ2) is 8.38. The van der Waals surface area contributed by atoms with Crippen LogP contribution in [0, 0.1) is 5.82 Å². The number of pyridine rings is 2. The number of rotatable bonds is 5. The third-order valence-corrected chi connectivity index (χ3v) is 5.27. The molecule has 0 unspecified atom stereocenters. The molecule has 5 aromatic heterocycles. The van der Waals surface area contributed by atoms with Crippen LogP contribution in [0.25, 0.3) is 33.7 Å². The second-order valence-corrected chi connectivity index (χ2v) is 9.04. The van der Waals surface area contributed by atoms with Crippen molar-refractivity contribution in [2.75, 3.05) is 0 Å². The molecule has 0 atom stereocenters. The van der Waals surface area contributed by atoms with Gasteiger partial charge in [-0.05, 0) is 12.1 Å². The van der Waals surface area contributed by atoms with Crippen molar-refractivity contribution < 1.29 is 13.6 Å². The van der Waals surface area contributed by atoms with Gasteiger partial charge in [0.2, 0.25) is 5.89 Å². The first-order valence-electron chi connectivity index (χ1n) is 10.8. The van der Waals surface area contributed by atoms with Crippen LogP contribution in [-0.4, -0.2) is 45.8 Å². The van der Waals surface area contributed by atoms with Crippen LogP contribution in [0.15, 0.2) is 41.3 Å². The summed E-state index contributed by atoms with van der Waals surface area (Å²) >= 11 is 0. The SMILES string of the molecule is Cn1cc(-c2nc3c(-c4cnc(CNC(=O)c5nnc(C(C)(C)C)o5)c(F)c4)ccnc3[nH]2)cn1. The van der Waals surface area contributed by atoms with Crippen LogP contribution in [-0.2, 0) is 19.0 Å². The highest BCUT2D eigenvalue weighted by atomic mass is 19.1. The van der Waals surface area contributed by atoms with Crippen LogP contribution in [0.1, 0.15) is 43.0 Å². The fourth-order valence-corrected chi connectivity index (χ4v) is 3.42. The minimum Gasteiger partial charge on any atom is -0.416 e. The number of aryl methyl sites for hydroxylation is 1. The van der Waals surface area contributed by atoms with Gasteiger partial charge in [-0.25, -0.2) is 14.4 Å². The topological polar surface area (TPSA) is 140 Å². The molecule has 0 aliphatic carbocycles. The number of aromatic nitrogens is 8. The average molecular weight is 475 g/mol. The number of aromatic amines is 1. The summed E-state index contributed by atoms with van der Waals surface area (Å²) in [6.07, 6.45) is 6.67. The van der Waals surface area contributed by atoms with E-state index in [1.807, 2.05) is 34.0 Å². The number of carbonyl (C=O) groups is 1. The van der Waals surface area contributed by atoms with Gasteiger partial charge in [0.1, 0.15) is 17.2 Å². The number of H-pyrrole nitrogens is 1. The van der Waals surface area contributed by atoms with Crippen molar-refractivity contribution >= 4 is 17.1 Å². The highest BCUT2D eigenvalue weighted by Crippen LogP contribution is 2.29. The van der Waals surface area contributed by atoms with E-state index in [1.165, 1.54) is 12.3 Å². The first-order valence-corrected chi connectivity index (χ1v) is 10.8. The Morgan fingerprint density at radius 3 is 2.71 bits per heavy atom. The first kappa shape index (κ1) is 22.3. The van der Waals surface area contributed by atoms with Gasteiger partial charge in [-0.2, -0.15) is 5.10 Å². The van der Waals surface area contributed by atoms with Crippen LogP contribution in [0.3, 0.4) is 0 Å². The monoisotopic (exact) mass is 475 g/mol. The molecule has 11 nitrogen and oxygen atoms in total. The Morgan fingerprint density at radius 2 is 2.03 bits per heavy atom. The van der Waals surface area contributed by atoms with Crippen molar-refractivity contribution in [3.8, 4) is 22.5 Å². The van der Waals surface area contributed by atoms with Crippen LogP contribution in [0.5, 0.6) is 0 Å². The van der Waals surface area contributed by atoms with Gasteiger partial charge < -0.3 is 14.7 Å². The van der Waals surface area contributed by atoms with Gasteiger partial charge in [-0.15, -0.1) is 10.2 Å². The van der Waals surface area contributed by atoms with Crippen LogP contribution in [0.2, 0.25) is 0 Å². The van der Waals surface area contributed by atoms with Crippen LogP contribution in [0.4, 0.5) is 4.39 Å². The van der Waals surface area contributed by atoms with Crippen molar-refractivity contribution in [3.05, 3.63) is 60.2 Å². The molecule has 0 fully saturated rings. The molecule has 0 saturated carbocycles. The van der Waals surface area contributed by atoms with Gasteiger partial charge in [0.15, 0.2) is 5.65 Å². The maximum absolute atomic E-state index is 14.9. The highest BCUT2D eigenvalue weighted by molar-refractivity contribution is 5.91. The molecule has 1 amide bonds. The number of halogens is 1. The van der Waals surface area contributed by atoms with Gasteiger partial charge in [0.05, 0.1) is 24.0 Å². The van der Waals surface area contributed by atoms with E-state index in [-0.39, 0.29) is 23.5 Å². The molecular weight excluding hydrogens is 453 g/mol. The normalized spacial score (nSPS) is 11.8. The van der Waals surface area contributed by atoms with Gasteiger partial charge in [0.25, 0.3) is 0 Å². The molecule has 5 rings (SSSR count). The standard InChI is InChI=1S/C23H22FN9O2/c1-23(2,3)22-32-31-21(35-22)20(34)27-10-16-15(24)7-12(8-26-16)14-5-6-25-19-17(14)29-18(30-19)13-9-28-33(4)11-13/h5-9,11H,10H2,1-4H3,(H,27,34)(H,25,29,30). The number of amides is 1. The molecule has 5 aromatic rings. The lowest BCUT2D eigenvalue weighted by atomic mass is 9.97. The Hall–Kier alpha value is -4.48. The van der Waals surface area contributed by atoms with E-state index < -0.39 is 11.7 Å². The number of hydrogen-bond donors (Lipinski definition) is 2. The average Bonchev–Trinajstić information content (AvgIpc) is 3.56. The predicted octanol–water partition coefficient (Wildman–Crippen LogP) is 3.17. The summed E-state index contributed by atoms with van der Waals surface area (Å²) < 4.78 is 22.0. The summed E-state index contributed by atoms with van der Waals surface area (Å²) in [6, 6.07) is 3.10. The molecule has 178 valence electrons. The number of imidazole rings is 1. The van der Waals surface area contributed by atoms with E-state index in [2.05, 4.69) is 40.5 Å². The first-order chi connectivity index (χ1) is 16.7. The molecule has 0 saturated heterocycles. The van der Waals surface area contributed by atoms with E-state index in [0.29, 0.717) is 34.0 Å². The third-order valence-electron chi connectivity index (χ3n) is 5.27. The Balaban J connectivity index is 1.36.